The van der Waals surface area contributed by atoms with E-state index in [2.05, 4.69) is 15.5 Å². The van der Waals surface area contributed by atoms with E-state index in [0.717, 1.165) is 27.8 Å². The molecule has 1 heterocycles. The molecular formula is C20H20ClN5O3S. The van der Waals surface area contributed by atoms with Crippen molar-refractivity contribution in [3.8, 4) is 5.75 Å². The molecule has 2 aromatic carbocycles. The van der Waals surface area contributed by atoms with Gasteiger partial charge in [-0.25, -0.2) is 0 Å². The van der Waals surface area contributed by atoms with Crippen LogP contribution in [0.2, 0.25) is 5.02 Å². The minimum Gasteiger partial charge on any atom is -0.494 e. The molecule has 0 atom stereocenters. The molecule has 1 amide bonds. The van der Waals surface area contributed by atoms with Crippen LogP contribution in [0.1, 0.15) is 18.2 Å². The van der Waals surface area contributed by atoms with E-state index in [9.17, 15) is 9.59 Å². The van der Waals surface area contributed by atoms with Crippen molar-refractivity contribution >= 4 is 35.0 Å². The lowest BCUT2D eigenvalue weighted by atomic mass is 10.1. The van der Waals surface area contributed by atoms with Crippen molar-refractivity contribution in [1.29, 1.82) is 0 Å². The minimum atomic E-state index is -0.459. The second-order valence-electron chi connectivity index (χ2n) is 6.20. The van der Waals surface area contributed by atoms with Crippen molar-refractivity contribution < 1.29 is 9.53 Å². The second kappa shape index (κ2) is 10.1. The van der Waals surface area contributed by atoms with Crippen molar-refractivity contribution in [2.24, 2.45) is 0 Å². The number of nitrogens with one attached hydrogen (secondary N) is 1. The number of ether oxygens (including phenoxy) is 1. The van der Waals surface area contributed by atoms with Crippen LogP contribution in [0.25, 0.3) is 0 Å². The third-order valence-electron chi connectivity index (χ3n) is 3.99. The minimum absolute atomic E-state index is 0.0200. The summed E-state index contributed by atoms with van der Waals surface area (Å²) < 4.78 is 6.32. The van der Waals surface area contributed by atoms with E-state index in [4.69, 9.17) is 22.2 Å². The van der Waals surface area contributed by atoms with Gasteiger partial charge >= 0.3 is 0 Å². The van der Waals surface area contributed by atoms with Crippen LogP contribution in [-0.2, 0) is 11.2 Å². The number of benzene rings is 2. The summed E-state index contributed by atoms with van der Waals surface area (Å²) in [7, 11) is 0. The fraction of sp³-hybridized carbons (Fsp3) is 0.200. The molecule has 0 fully saturated rings. The molecule has 8 nitrogen and oxygen atoms in total. The molecule has 0 unspecified atom stereocenters. The molecule has 0 aliphatic rings. The van der Waals surface area contributed by atoms with E-state index in [-0.39, 0.29) is 28.9 Å². The Kier molecular flexibility index (Phi) is 7.31. The highest BCUT2D eigenvalue weighted by Crippen LogP contribution is 2.17. The molecule has 0 spiro atoms. The van der Waals surface area contributed by atoms with Gasteiger partial charge in [0.1, 0.15) is 11.4 Å². The van der Waals surface area contributed by atoms with Crippen molar-refractivity contribution in [2.45, 2.75) is 18.5 Å². The predicted molar refractivity (Wildman–Crippen MR) is 118 cm³/mol. The molecule has 156 valence electrons. The van der Waals surface area contributed by atoms with Gasteiger partial charge in [-0.05, 0) is 48.9 Å². The van der Waals surface area contributed by atoms with Gasteiger partial charge in [0, 0.05) is 17.1 Å². The normalized spacial score (nSPS) is 10.6. The predicted octanol–water partition coefficient (Wildman–Crippen LogP) is 2.73. The Labute approximate surface area is 182 Å². The third-order valence-corrected chi connectivity index (χ3v) is 5.19. The lowest BCUT2D eigenvalue weighted by Gasteiger charge is -2.09. The van der Waals surface area contributed by atoms with E-state index in [1.807, 2.05) is 31.2 Å². The van der Waals surface area contributed by atoms with E-state index in [1.165, 1.54) is 0 Å². The molecular weight excluding hydrogens is 426 g/mol. The summed E-state index contributed by atoms with van der Waals surface area (Å²) in [5, 5.41) is 11.5. The molecule has 3 N–H and O–H groups in total. The standard InChI is InChI=1S/C20H20ClN5O3S/c1-2-29-16-9-3-13(4-10-16)11-17-19(28)26(22)20(25-24-17)30-12-18(27)23-15-7-5-14(21)6-8-15/h3-10H,2,11-12,22H2,1H3,(H,23,27). The average Bonchev–Trinajstić information content (AvgIpc) is 2.74. The van der Waals surface area contributed by atoms with Crippen LogP contribution in [0.15, 0.2) is 58.5 Å². The Morgan fingerprint density at radius 3 is 2.53 bits per heavy atom. The van der Waals surface area contributed by atoms with E-state index < -0.39 is 5.56 Å². The fourth-order valence-corrected chi connectivity index (χ4v) is 3.33. The molecule has 30 heavy (non-hydrogen) atoms. The van der Waals surface area contributed by atoms with Gasteiger partial charge in [0.05, 0.1) is 12.4 Å². The lowest BCUT2D eigenvalue weighted by molar-refractivity contribution is -0.113. The molecule has 0 aliphatic carbocycles. The van der Waals surface area contributed by atoms with Crippen LogP contribution in [0.5, 0.6) is 5.75 Å². The first-order valence-electron chi connectivity index (χ1n) is 9.10. The number of hydrogen-bond donors (Lipinski definition) is 2. The molecule has 3 rings (SSSR count). The van der Waals surface area contributed by atoms with Gasteiger partial charge in [-0.3, -0.25) is 9.59 Å². The van der Waals surface area contributed by atoms with E-state index in [0.29, 0.717) is 17.3 Å². The maximum atomic E-state index is 12.5. The SMILES string of the molecule is CCOc1ccc(Cc2nnc(SCC(=O)Nc3ccc(Cl)cc3)n(N)c2=O)cc1. The zero-order valence-corrected chi connectivity index (χ0v) is 17.7. The maximum Gasteiger partial charge on any atom is 0.294 e. The van der Waals surface area contributed by atoms with Crippen molar-refractivity contribution in [3.05, 3.63) is 75.2 Å². The molecule has 0 saturated carbocycles. The number of hydrogen-bond acceptors (Lipinski definition) is 7. The van der Waals surface area contributed by atoms with Crippen LogP contribution in [0.4, 0.5) is 5.69 Å². The van der Waals surface area contributed by atoms with Crippen molar-refractivity contribution in [3.63, 3.8) is 0 Å². The Morgan fingerprint density at radius 2 is 1.87 bits per heavy atom. The molecule has 10 heteroatoms. The summed E-state index contributed by atoms with van der Waals surface area (Å²) in [5.74, 6) is 6.38. The highest BCUT2D eigenvalue weighted by molar-refractivity contribution is 7.99. The topological polar surface area (TPSA) is 112 Å². The van der Waals surface area contributed by atoms with E-state index in [1.54, 1.807) is 24.3 Å². The molecule has 1 aromatic heterocycles. The van der Waals surface area contributed by atoms with E-state index >= 15 is 0 Å². The molecule has 0 radical (unpaired) electrons. The van der Waals surface area contributed by atoms with Crippen LogP contribution in [0.3, 0.4) is 0 Å². The number of nitrogens with two attached hydrogens (primary N) is 1. The summed E-state index contributed by atoms with van der Waals surface area (Å²) >= 11 is 6.85. The van der Waals surface area contributed by atoms with Crippen LogP contribution in [0, 0.1) is 0 Å². The van der Waals surface area contributed by atoms with Gasteiger partial charge in [0.2, 0.25) is 11.1 Å². The number of nitrogen functional groups attached to an aromatic ring is 1. The fourth-order valence-electron chi connectivity index (χ4n) is 2.55. The number of thioether (sulfide) groups is 1. The number of anilines is 1. The summed E-state index contributed by atoms with van der Waals surface area (Å²) in [6.45, 7) is 2.49. The highest BCUT2D eigenvalue weighted by Gasteiger charge is 2.13. The Hall–Kier alpha value is -3.04. The first-order chi connectivity index (χ1) is 14.5. The van der Waals surface area contributed by atoms with Gasteiger partial charge in [-0.2, -0.15) is 4.68 Å². The summed E-state index contributed by atoms with van der Waals surface area (Å²) in [6.07, 6.45) is 0.289. The van der Waals surface area contributed by atoms with Gasteiger partial charge in [-0.15, -0.1) is 10.2 Å². The number of halogens is 1. The number of carbonyl (C=O) groups excluding carboxylic acids is 1. The zero-order valence-electron chi connectivity index (χ0n) is 16.2. The van der Waals surface area contributed by atoms with Gasteiger partial charge in [0.25, 0.3) is 5.56 Å². The highest BCUT2D eigenvalue weighted by atomic mass is 35.5. The number of nitrogens with zero attached hydrogens (tertiary/aromatic N) is 3. The summed E-state index contributed by atoms with van der Waals surface area (Å²) in [4.78, 5) is 24.6. The number of amides is 1. The quantitative estimate of drug-likeness (QED) is 0.405. The Morgan fingerprint density at radius 1 is 1.17 bits per heavy atom. The third kappa shape index (κ3) is 5.74. The largest absolute Gasteiger partial charge is 0.494 e. The molecule has 0 bridgehead atoms. The number of carbonyl (C=O) groups is 1. The van der Waals surface area contributed by atoms with Gasteiger partial charge < -0.3 is 15.9 Å². The number of rotatable bonds is 8. The Balaban J connectivity index is 1.62. The van der Waals surface area contributed by atoms with Gasteiger partial charge in [0.15, 0.2) is 0 Å². The maximum absolute atomic E-state index is 12.5. The first kappa shape index (κ1) is 21.7. The van der Waals surface area contributed by atoms with Crippen molar-refractivity contribution in [1.82, 2.24) is 14.9 Å². The summed E-state index contributed by atoms with van der Waals surface area (Å²) in [6, 6.07) is 14.1. The smallest absolute Gasteiger partial charge is 0.294 e. The first-order valence-corrected chi connectivity index (χ1v) is 10.5. The number of aromatic nitrogens is 3. The Bertz CT molecular complexity index is 1070. The van der Waals surface area contributed by atoms with Crippen LogP contribution < -0.4 is 21.5 Å². The molecule has 3 aromatic rings. The lowest BCUT2D eigenvalue weighted by Crippen LogP contribution is -2.34. The van der Waals surface area contributed by atoms with Crippen LogP contribution >= 0.6 is 23.4 Å². The second-order valence-corrected chi connectivity index (χ2v) is 7.58. The summed E-state index contributed by atoms with van der Waals surface area (Å²) in [5.41, 5.74) is 1.26. The van der Waals surface area contributed by atoms with Crippen molar-refractivity contribution in [2.75, 3.05) is 23.5 Å². The molecule has 0 saturated heterocycles. The average molecular weight is 446 g/mol. The molecule has 0 aliphatic heterocycles. The monoisotopic (exact) mass is 445 g/mol. The van der Waals surface area contributed by atoms with Gasteiger partial charge in [-0.1, -0.05) is 35.5 Å². The zero-order chi connectivity index (χ0) is 21.5. The van der Waals surface area contributed by atoms with Crippen LogP contribution in [-0.4, -0.2) is 33.1 Å².